The molecule has 2 atom stereocenters. The van der Waals surface area contributed by atoms with Crippen LogP contribution in [0.4, 0.5) is 9.59 Å². The molecular weight excluding hydrogens is 1780 g/mol. The maximum absolute atomic E-state index is 11.7. The molecule has 0 spiro atoms. The Balaban J connectivity index is 0.000000587. The molecule has 2 N–H and O–H groups in total. The molecule has 26 heteroatoms. The Morgan fingerprint density at radius 2 is 0.785 bits per heavy atom. The lowest BCUT2D eigenvalue weighted by Crippen LogP contribution is -2.26. The lowest BCUT2D eigenvalue weighted by atomic mass is 10.1. The van der Waals surface area contributed by atoms with Crippen LogP contribution in [-0.4, -0.2) is 107 Å². The number of hydrogen-bond acceptors (Lipinski definition) is 21. The molecule has 510 valence electrons. The molecule has 93 heavy (non-hydrogen) atoms. The third-order valence-electron chi connectivity index (χ3n) is 10.7. The van der Waals surface area contributed by atoms with Gasteiger partial charge in [0.2, 0.25) is 0 Å². The van der Waals surface area contributed by atoms with Crippen molar-refractivity contribution in [1.82, 2.24) is 0 Å². The normalized spacial score (nSPS) is 11.0. The topological polar surface area (TPSA) is 247 Å². The summed E-state index contributed by atoms with van der Waals surface area (Å²) in [6, 6.07) is 15.1. The summed E-state index contributed by atoms with van der Waals surface area (Å²) in [4.78, 5) is 46.6. The predicted octanol–water partition coefficient (Wildman–Crippen LogP) is 18.0. The molecule has 21 nitrogen and oxygen atoms in total. The molecule has 0 radical (unpaired) electrons. The van der Waals surface area contributed by atoms with Gasteiger partial charge >= 0.3 is 24.2 Å². The number of ether oxygens (including phenoxy) is 15. The van der Waals surface area contributed by atoms with E-state index in [-0.39, 0.29) is 46.9 Å². The molecule has 5 rings (SSSR count). The number of halogens is 5. The molecular formula is C67H81I5O21. The first-order valence-corrected chi connectivity index (χ1v) is 33.1. The fourth-order valence-electron chi connectivity index (χ4n) is 6.60. The molecule has 0 aliphatic carbocycles. The van der Waals surface area contributed by atoms with Gasteiger partial charge in [-0.05, 0) is 208 Å². The van der Waals surface area contributed by atoms with Crippen molar-refractivity contribution < 1.29 is 100 Å². The van der Waals surface area contributed by atoms with Crippen LogP contribution in [0.5, 0.6) is 74.7 Å². The SMILES string of the molecule is C=C(C)C(=O)Oc1cc(I)c(OC(=O)OC(C)(C)C)cc1OC.C=C(C)C(=O)Oc1cc(I)c(OC(C)OCC)cc1OC.C=Cc1c(OC)cc(O)c(I)c1O.C=Cc1cc(I)c(OC(=O)OC(C)(C)C)cc1OC.C=Cc1cc(I)c(OC(C)OCC)cc1OC. The maximum Gasteiger partial charge on any atom is 0.514 e. The standard InChI is InChI=1S/C16H19IO6.C15H19IO5.C14H17IO4.C13H17IO3.C9H9IO3/c1-9(2)14(18)21-13-7-10(17)11(8-12(13)20-6)22-15(19)23-16(3,4)5;1-6-19-10(4)20-12-8-13(18-5)14(7-11(12)16)21-15(17)9(2)3;1-6-9-7-10(15)12(8-11(9)17-5)18-13(16)19-14(2,3)4;1-5-10-7-11(14)13(8-12(10)15-4)17-9(3)16-6-2;1-3-5-7(13-2)4-6(11)8(10)9(5)12/h7-8H,1H2,2-6H3;7-8,10H,2,6H2,1,3-5H3;6-8H,1H2,2-5H3;5,7-9H,1,6H2,2-4H3;3-4,11-12H,1H2,2H3. The average Bonchev–Trinajstić information content (AvgIpc) is 0.893. The second kappa shape index (κ2) is 41.8. The Morgan fingerprint density at radius 1 is 0.462 bits per heavy atom. The number of phenolic OH excluding ortho intramolecular Hbond substituents is 2. The molecule has 0 bridgehead atoms. The van der Waals surface area contributed by atoms with Gasteiger partial charge in [-0.2, -0.15) is 0 Å². The monoisotopic (exact) mass is 1860 g/mol. The summed E-state index contributed by atoms with van der Waals surface area (Å²) in [6.45, 7) is 40.4. The summed E-state index contributed by atoms with van der Waals surface area (Å²) in [5, 5.41) is 18.9. The molecule has 0 aromatic heterocycles. The molecule has 0 fully saturated rings. The van der Waals surface area contributed by atoms with E-state index in [0.717, 1.165) is 33.3 Å². The molecule has 0 saturated carbocycles. The van der Waals surface area contributed by atoms with Gasteiger partial charge in [0.15, 0.2) is 47.1 Å². The van der Waals surface area contributed by atoms with Crippen molar-refractivity contribution in [2.24, 2.45) is 0 Å². The summed E-state index contributed by atoms with van der Waals surface area (Å²) < 4.78 is 82.3. The van der Waals surface area contributed by atoms with E-state index in [0.29, 0.717) is 66.0 Å². The number of methoxy groups -OCH3 is 5. The van der Waals surface area contributed by atoms with Crippen LogP contribution in [0.2, 0.25) is 0 Å². The van der Waals surface area contributed by atoms with E-state index in [4.69, 9.17) is 71.1 Å². The van der Waals surface area contributed by atoms with Crippen molar-refractivity contribution in [3.8, 4) is 74.7 Å². The fourth-order valence-corrected chi connectivity index (χ4v) is 9.38. The molecule has 0 saturated heterocycles. The second-order valence-electron chi connectivity index (χ2n) is 20.5. The van der Waals surface area contributed by atoms with Crippen LogP contribution in [0, 0.1) is 17.9 Å². The zero-order valence-corrected chi connectivity index (χ0v) is 65.9. The van der Waals surface area contributed by atoms with Crippen molar-refractivity contribution >= 4 is 155 Å². The fraction of sp³-hybridized carbons (Fsp3) is 0.343. The van der Waals surface area contributed by atoms with Gasteiger partial charge in [-0.15, -0.1) is 0 Å². The van der Waals surface area contributed by atoms with E-state index < -0.39 is 35.5 Å². The van der Waals surface area contributed by atoms with Crippen molar-refractivity contribution in [1.29, 1.82) is 0 Å². The highest BCUT2D eigenvalue weighted by Gasteiger charge is 2.24. The zero-order valence-electron chi connectivity index (χ0n) is 55.1. The number of rotatable bonds is 22. The Kier molecular flexibility index (Phi) is 38.2. The highest BCUT2D eigenvalue weighted by Crippen LogP contribution is 2.41. The smallest absolute Gasteiger partial charge is 0.507 e. The molecule has 0 aliphatic rings. The van der Waals surface area contributed by atoms with Crippen molar-refractivity contribution in [2.75, 3.05) is 48.8 Å². The first-order valence-electron chi connectivity index (χ1n) is 27.7. The highest BCUT2D eigenvalue weighted by molar-refractivity contribution is 14.1. The van der Waals surface area contributed by atoms with E-state index >= 15 is 0 Å². The van der Waals surface area contributed by atoms with Crippen LogP contribution in [-0.2, 0) is 28.5 Å². The first kappa shape index (κ1) is 85.1. The molecule has 2 unspecified atom stereocenters. The number of esters is 2. The van der Waals surface area contributed by atoms with Gasteiger partial charge in [-0.3, -0.25) is 0 Å². The van der Waals surface area contributed by atoms with E-state index in [2.05, 4.69) is 101 Å². The third kappa shape index (κ3) is 30.1. The van der Waals surface area contributed by atoms with Crippen LogP contribution in [0.1, 0.15) is 99.8 Å². The number of benzene rings is 5. The van der Waals surface area contributed by atoms with Crippen molar-refractivity contribution in [3.05, 3.63) is 133 Å². The highest BCUT2D eigenvalue weighted by atomic mass is 127. The van der Waals surface area contributed by atoms with Gasteiger partial charge < -0.3 is 81.3 Å². The van der Waals surface area contributed by atoms with Crippen LogP contribution in [0.3, 0.4) is 0 Å². The molecule has 0 aliphatic heterocycles. The minimum Gasteiger partial charge on any atom is -0.507 e. The second-order valence-corrected chi connectivity index (χ2v) is 26.2. The van der Waals surface area contributed by atoms with Gasteiger partial charge in [-0.1, -0.05) is 51.1 Å². The number of carbonyl (C=O) groups is 4. The molecule has 0 heterocycles. The van der Waals surface area contributed by atoms with Crippen molar-refractivity contribution in [3.63, 3.8) is 0 Å². The molecule has 5 aromatic rings. The minimum atomic E-state index is -0.829. The van der Waals surface area contributed by atoms with Gasteiger partial charge in [0.1, 0.15) is 51.4 Å². The number of phenols is 2. The summed E-state index contributed by atoms with van der Waals surface area (Å²) in [7, 11) is 7.55. The van der Waals surface area contributed by atoms with Crippen LogP contribution < -0.4 is 52.1 Å². The van der Waals surface area contributed by atoms with E-state index in [1.54, 1.807) is 107 Å². The van der Waals surface area contributed by atoms with Gasteiger partial charge in [0.25, 0.3) is 0 Å². The molecule has 5 aromatic carbocycles. The third-order valence-corrected chi connectivity index (χ3v) is 15.2. The van der Waals surface area contributed by atoms with E-state index in [9.17, 15) is 29.4 Å². The Labute approximate surface area is 613 Å². The van der Waals surface area contributed by atoms with Gasteiger partial charge in [-0.25, -0.2) is 19.2 Å². The maximum atomic E-state index is 11.7. The Bertz CT molecular complexity index is 3410. The van der Waals surface area contributed by atoms with E-state index in [1.165, 1.54) is 45.6 Å². The lowest BCUT2D eigenvalue weighted by molar-refractivity contribution is -0.131. The van der Waals surface area contributed by atoms with Gasteiger partial charge in [0.05, 0.1) is 59.0 Å². The zero-order chi connectivity index (χ0) is 71.2. The van der Waals surface area contributed by atoms with Crippen LogP contribution >= 0.6 is 113 Å². The van der Waals surface area contributed by atoms with Gasteiger partial charge in [0, 0.05) is 78.0 Å². The van der Waals surface area contributed by atoms with E-state index in [1.807, 2.05) is 84.2 Å². The lowest BCUT2D eigenvalue weighted by Gasteiger charge is -2.19. The summed E-state index contributed by atoms with van der Waals surface area (Å²) in [6.07, 6.45) is 2.71. The largest absolute Gasteiger partial charge is 0.514 e. The first-order chi connectivity index (χ1) is 43.4. The number of hydrogen-bond donors (Lipinski definition) is 2. The molecule has 0 amide bonds. The summed E-state index contributed by atoms with van der Waals surface area (Å²) >= 11 is 10.2. The van der Waals surface area contributed by atoms with Crippen LogP contribution in [0.25, 0.3) is 18.2 Å². The summed E-state index contributed by atoms with van der Waals surface area (Å²) in [5.74, 6) is 3.86. The van der Waals surface area contributed by atoms with Crippen molar-refractivity contribution in [2.45, 2.75) is 107 Å². The van der Waals surface area contributed by atoms with Crippen LogP contribution in [0.15, 0.2) is 98.6 Å². The average molecular weight is 1860 g/mol. The summed E-state index contributed by atoms with van der Waals surface area (Å²) in [5.41, 5.74) is 1.60. The number of carbonyl (C=O) groups excluding carboxylic acids is 4. The Morgan fingerprint density at radius 3 is 1.11 bits per heavy atom. The predicted molar refractivity (Wildman–Crippen MR) is 400 cm³/mol. The number of aromatic hydroxyl groups is 2. The quantitative estimate of drug-likeness (QED) is 0.0163. The Hall–Kier alpha value is -5.95. The minimum absolute atomic E-state index is 0.000509.